The van der Waals surface area contributed by atoms with Crippen LogP contribution in [0.5, 0.6) is 0 Å². The van der Waals surface area contributed by atoms with Crippen LogP contribution >= 0.6 is 0 Å². The molecule has 0 saturated heterocycles. The molecule has 0 aliphatic heterocycles. The Bertz CT molecular complexity index is 741. The van der Waals surface area contributed by atoms with Crippen molar-refractivity contribution in [2.24, 2.45) is 7.05 Å². The van der Waals surface area contributed by atoms with Gasteiger partial charge in [-0.15, -0.1) is 0 Å². The minimum Gasteiger partial charge on any atom is -0.351 e. The maximum atomic E-state index is 4.75. The molecule has 0 aliphatic carbocycles. The number of H-pyrrole nitrogens is 1. The van der Waals surface area contributed by atoms with E-state index in [0.29, 0.717) is 0 Å². The Morgan fingerprint density at radius 2 is 1.91 bits per heavy atom. The molecular weight excluding hydrogens is 284 g/mol. The molecule has 3 rings (SSSR count). The largest absolute Gasteiger partial charge is 0.351 e. The smallest absolute Gasteiger partial charge is 0.0923 e. The van der Waals surface area contributed by atoms with Crippen LogP contribution < -0.4 is 0 Å². The minimum atomic E-state index is 0.238. The Labute approximate surface area is 137 Å². The quantitative estimate of drug-likeness (QED) is 0.755. The van der Waals surface area contributed by atoms with Gasteiger partial charge in [0.05, 0.1) is 17.7 Å². The molecule has 1 N–H and O–H groups in total. The number of aromatic amines is 1. The van der Waals surface area contributed by atoms with Crippen LogP contribution in [0.2, 0.25) is 0 Å². The van der Waals surface area contributed by atoms with Crippen molar-refractivity contribution >= 4 is 0 Å². The van der Waals surface area contributed by atoms with Crippen LogP contribution in [0.4, 0.5) is 0 Å². The van der Waals surface area contributed by atoms with Gasteiger partial charge in [0, 0.05) is 30.4 Å². The summed E-state index contributed by atoms with van der Waals surface area (Å²) in [6.45, 7) is 4.37. The third-order valence-corrected chi connectivity index (χ3v) is 4.46. The molecule has 0 radical (unpaired) electrons. The van der Waals surface area contributed by atoms with E-state index >= 15 is 0 Å². The normalized spacial score (nSPS) is 12.5. The number of aromatic nitrogens is 4. The van der Waals surface area contributed by atoms with Crippen LogP contribution in [-0.2, 0) is 26.3 Å². The molecule has 2 aromatic heterocycles. The molecule has 0 saturated carbocycles. The minimum absolute atomic E-state index is 0.238. The molecule has 4 nitrogen and oxygen atoms in total. The molecule has 120 valence electrons. The monoisotopic (exact) mass is 308 g/mol. The van der Waals surface area contributed by atoms with E-state index in [1.165, 1.54) is 22.5 Å². The van der Waals surface area contributed by atoms with Gasteiger partial charge < -0.3 is 4.98 Å². The summed E-state index contributed by atoms with van der Waals surface area (Å²) in [4.78, 5) is 7.67. The van der Waals surface area contributed by atoms with Crippen molar-refractivity contribution in [3.63, 3.8) is 0 Å². The lowest BCUT2D eigenvalue weighted by Crippen LogP contribution is -2.10. The van der Waals surface area contributed by atoms with E-state index in [4.69, 9.17) is 5.10 Å². The lowest BCUT2D eigenvalue weighted by molar-refractivity contribution is 0.698. The summed E-state index contributed by atoms with van der Waals surface area (Å²) >= 11 is 0. The molecule has 1 atom stereocenters. The second kappa shape index (κ2) is 6.82. The number of nitrogens with zero attached hydrogens (tertiary/aromatic N) is 3. The molecule has 1 aromatic carbocycles. The average molecular weight is 308 g/mol. The van der Waals surface area contributed by atoms with E-state index in [9.17, 15) is 0 Å². The highest BCUT2D eigenvalue weighted by Gasteiger charge is 2.25. The molecule has 4 heteroatoms. The van der Waals surface area contributed by atoms with Gasteiger partial charge in [0.1, 0.15) is 0 Å². The van der Waals surface area contributed by atoms with E-state index in [2.05, 4.69) is 54.1 Å². The Balaban J connectivity index is 2.09. The number of benzene rings is 1. The highest BCUT2D eigenvalue weighted by Crippen LogP contribution is 2.32. The molecule has 1 unspecified atom stereocenters. The van der Waals surface area contributed by atoms with Crippen LogP contribution in [0.1, 0.15) is 48.0 Å². The summed E-state index contributed by atoms with van der Waals surface area (Å²) < 4.78 is 2.04. The summed E-state index contributed by atoms with van der Waals surface area (Å²) in [7, 11) is 2.05. The SMILES string of the molecule is CCc1nn(C)c(CC)c1C(Cc1ccccc1)c1c[nH]cn1. The summed E-state index contributed by atoms with van der Waals surface area (Å²) in [5, 5.41) is 4.75. The fourth-order valence-electron chi connectivity index (χ4n) is 3.39. The highest BCUT2D eigenvalue weighted by molar-refractivity contribution is 5.38. The predicted molar refractivity (Wildman–Crippen MR) is 92.5 cm³/mol. The molecule has 0 spiro atoms. The van der Waals surface area contributed by atoms with Gasteiger partial charge >= 0.3 is 0 Å². The number of hydrogen-bond donors (Lipinski definition) is 1. The van der Waals surface area contributed by atoms with E-state index in [1.54, 1.807) is 6.33 Å². The van der Waals surface area contributed by atoms with Crippen LogP contribution in [0.3, 0.4) is 0 Å². The maximum absolute atomic E-state index is 4.75. The fraction of sp³-hybridized carbons (Fsp3) is 0.368. The van der Waals surface area contributed by atoms with Crippen molar-refractivity contribution in [3.8, 4) is 0 Å². The second-order valence-corrected chi connectivity index (χ2v) is 5.87. The predicted octanol–water partition coefficient (Wildman–Crippen LogP) is 3.64. The van der Waals surface area contributed by atoms with Crippen LogP contribution in [0.15, 0.2) is 42.9 Å². The summed E-state index contributed by atoms with van der Waals surface area (Å²) in [5.41, 5.74) is 6.27. The van der Waals surface area contributed by atoms with Crippen molar-refractivity contribution in [1.29, 1.82) is 0 Å². The lowest BCUT2D eigenvalue weighted by Gasteiger charge is -2.17. The maximum Gasteiger partial charge on any atom is 0.0923 e. The van der Waals surface area contributed by atoms with Crippen LogP contribution in [0, 0.1) is 0 Å². The van der Waals surface area contributed by atoms with Gasteiger partial charge in [0.25, 0.3) is 0 Å². The first-order valence-electron chi connectivity index (χ1n) is 8.31. The Kier molecular flexibility index (Phi) is 4.60. The van der Waals surface area contributed by atoms with Crippen molar-refractivity contribution in [2.45, 2.75) is 39.0 Å². The van der Waals surface area contributed by atoms with Gasteiger partial charge in [-0.25, -0.2) is 4.98 Å². The Morgan fingerprint density at radius 1 is 1.13 bits per heavy atom. The van der Waals surface area contributed by atoms with Gasteiger partial charge in [0.15, 0.2) is 0 Å². The number of rotatable bonds is 6. The van der Waals surface area contributed by atoms with Crippen molar-refractivity contribution in [3.05, 3.63) is 71.1 Å². The summed E-state index contributed by atoms with van der Waals surface area (Å²) in [6, 6.07) is 10.6. The summed E-state index contributed by atoms with van der Waals surface area (Å²) in [5.74, 6) is 0.238. The van der Waals surface area contributed by atoms with Crippen molar-refractivity contribution < 1.29 is 0 Å². The topological polar surface area (TPSA) is 46.5 Å². The van der Waals surface area contributed by atoms with Gasteiger partial charge in [-0.1, -0.05) is 44.2 Å². The van der Waals surface area contributed by atoms with E-state index < -0.39 is 0 Å². The zero-order valence-corrected chi connectivity index (χ0v) is 14.1. The first kappa shape index (κ1) is 15.5. The molecular formula is C19H24N4. The zero-order valence-electron chi connectivity index (χ0n) is 14.1. The Hall–Kier alpha value is -2.36. The second-order valence-electron chi connectivity index (χ2n) is 5.87. The third kappa shape index (κ3) is 3.07. The van der Waals surface area contributed by atoms with Crippen LogP contribution in [0.25, 0.3) is 0 Å². The van der Waals surface area contributed by atoms with Crippen LogP contribution in [-0.4, -0.2) is 19.7 Å². The van der Waals surface area contributed by atoms with Crippen molar-refractivity contribution in [2.75, 3.05) is 0 Å². The average Bonchev–Trinajstić information content (AvgIpc) is 3.21. The molecule has 0 fully saturated rings. The van der Waals surface area contributed by atoms with Gasteiger partial charge in [0.2, 0.25) is 0 Å². The number of hydrogen-bond acceptors (Lipinski definition) is 2. The van der Waals surface area contributed by atoms with Crippen molar-refractivity contribution in [1.82, 2.24) is 19.7 Å². The Morgan fingerprint density at radius 3 is 2.52 bits per heavy atom. The summed E-state index contributed by atoms with van der Waals surface area (Å²) in [6.07, 6.45) is 6.64. The standard InChI is InChI=1S/C19H24N4/c1-4-16-19(18(5-2)23(3)22-16)15(17-12-20-13-21-17)11-14-9-7-6-8-10-14/h6-10,12-13,15H,4-5,11H2,1-3H3,(H,20,21). The first-order valence-corrected chi connectivity index (χ1v) is 8.31. The molecule has 0 bridgehead atoms. The van der Waals surface area contributed by atoms with Gasteiger partial charge in [-0.2, -0.15) is 5.10 Å². The van der Waals surface area contributed by atoms with E-state index in [1.807, 2.05) is 17.9 Å². The van der Waals surface area contributed by atoms with Gasteiger partial charge in [-0.3, -0.25) is 4.68 Å². The lowest BCUT2D eigenvalue weighted by atomic mass is 9.87. The molecule has 23 heavy (non-hydrogen) atoms. The molecule has 0 aliphatic rings. The number of nitrogens with one attached hydrogen (secondary N) is 1. The van der Waals surface area contributed by atoms with Gasteiger partial charge in [-0.05, 0) is 24.8 Å². The molecule has 0 amide bonds. The van der Waals surface area contributed by atoms with E-state index in [0.717, 1.165) is 25.0 Å². The molecule has 3 aromatic rings. The third-order valence-electron chi connectivity index (χ3n) is 4.46. The first-order chi connectivity index (χ1) is 11.2. The zero-order chi connectivity index (χ0) is 16.2. The van der Waals surface area contributed by atoms with E-state index in [-0.39, 0.29) is 5.92 Å². The molecule has 2 heterocycles. The fourth-order valence-corrected chi connectivity index (χ4v) is 3.39. The number of imidazole rings is 1. The number of aryl methyl sites for hydroxylation is 2. The highest BCUT2D eigenvalue weighted by atomic mass is 15.3.